The first-order valence-corrected chi connectivity index (χ1v) is 8.73. The number of aromatic nitrogens is 4. The lowest BCUT2D eigenvalue weighted by Gasteiger charge is -2.09. The molecule has 0 N–H and O–H groups in total. The maximum Gasteiger partial charge on any atom is 0.226 e. The van der Waals surface area contributed by atoms with Crippen LogP contribution in [0, 0.1) is 0 Å². The molecule has 1 aromatic carbocycles. The average Bonchev–Trinajstić information content (AvgIpc) is 3.22. The van der Waals surface area contributed by atoms with Crippen LogP contribution in [0.25, 0.3) is 5.69 Å². The summed E-state index contributed by atoms with van der Waals surface area (Å²) in [7, 11) is 0. The van der Waals surface area contributed by atoms with Gasteiger partial charge < -0.3 is 4.42 Å². The Kier molecular flexibility index (Phi) is 4.81. The van der Waals surface area contributed by atoms with Crippen LogP contribution >= 0.6 is 11.8 Å². The molecular weight excluding hydrogens is 308 g/mol. The van der Waals surface area contributed by atoms with Crippen molar-refractivity contribution < 1.29 is 4.42 Å². The Labute approximate surface area is 140 Å². The summed E-state index contributed by atoms with van der Waals surface area (Å²) in [5, 5.41) is 8.94. The first-order valence-electron chi connectivity index (χ1n) is 7.75. The first kappa shape index (κ1) is 15.8. The Morgan fingerprint density at radius 1 is 1.13 bits per heavy atom. The van der Waals surface area contributed by atoms with Gasteiger partial charge in [-0.15, -0.1) is 10.2 Å². The SMILES string of the molecule is CCc1nnc(CSc2nccn2-c2ccc(C(C)C)cc2)o1. The van der Waals surface area contributed by atoms with E-state index in [1.165, 1.54) is 5.56 Å². The molecule has 0 aliphatic carbocycles. The lowest BCUT2D eigenvalue weighted by molar-refractivity contribution is 0.470. The van der Waals surface area contributed by atoms with Gasteiger partial charge in [-0.1, -0.05) is 44.7 Å². The molecule has 0 saturated heterocycles. The lowest BCUT2D eigenvalue weighted by Crippen LogP contribution is -1.96. The van der Waals surface area contributed by atoms with Crippen molar-refractivity contribution in [1.29, 1.82) is 0 Å². The monoisotopic (exact) mass is 328 g/mol. The zero-order chi connectivity index (χ0) is 16.2. The number of hydrogen-bond acceptors (Lipinski definition) is 5. The van der Waals surface area contributed by atoms with Crippen molar-refractivity contribution in [2.75, 3.05) is 0 Å². The summed E-state index contributed by atoms with van der Waals surface area (Å²) in [6, 6.07) is 8.59. The van der Waals surface area contributed by atoms with Gasteiger partial charge in [-0.25, -0.2) is 4.98 Å². The number of imidazole rings is 1. The van der Waals surface area contributed by atoms with Crippen molar-refractivity contribution in [2.24, 2.45) is 0 Å². The van der Waals surface area contributed by atoms with Crippen LogP contribution in [-0.4, -0.2) is 19.7 Å². The molecule has 3 aromatic rings. The van der Waals surface area contributed by atoms with Crippen LogP contribution in [0.5, 0.6) is 0 Å². The third-order valence-electron chi connectivity index (χ3n) is 3.58. The molecular formula is C17H20N4OS. The van der Waals surface area contributed by atoms with E-state index in [-0.39, 0.29) is 0 Å². The van der Waals surface area contributed by atoms with Crippen LogP contribution < -0.4 is 0 Å². The predicted octanol–water partition coefficient (Wildman–Crippen LogP) is 4.23. The fourth-order valence-corrected chi connectivity index (χ4v) is 3.04. The topological polar surface area (TPSA) is 56.7 Å². The minimum atomic E-state index is 0.533. The Morgan fingerprint density at radius 2 is 1.87 bits per heavy atom. The quantitative estimate of drug-likeness (QED) is 0.634. The summed E-state index contributed by atoms with van der Waals surface area (Å²) in [4.78, 5) is 4.43. The van der Waals surface area contributed by atoms with E-state index in [0.717, 1.165) is 17.3 Å². The summed E-state index contributed by atoms with van der Waals surface area (Å²) in [5.41, 5.74) is 2.44. The Balaban J connectivity index is 1.73. The zero-order valence-corrected chi connectivity index (χ0v) is 14.4. The van der Waals surface area contributed by atoms with E-state index in [1.54, 1.807) is 11.8 Å². The normalized spacial score (nSPS) is 11.3. The molecule has 0 atom stereocenters. The van der Waals surface area contributed by atoms with Crippen molar-refractivity contribution in [3.05, 3.63) is 54.0 Å². The fourth-order valence-electron chi connectivity index (χ4n) is 2.23. The molecule has 6 heteroatoms. The highest BCUT2D eigenvalue weighted by molar-refractivity contribution is 7.98. The van der Waals surface area contributed by atoms with E-state index in [1.807, 2.05) is 19.3 Å². The zero-order valence-electron chi connectivity index (χ0n) is 13.6. The molecule has 0 aliphatic heterocycles. The van der Waals surface area contributed by atoms with Crippen molar-refractivity contribution >= 4 is 11.8 Å². The van der Waals surface area contributed by atoms with Crippen molar-refractivity contribution in [3.8, 4) is 5.69 Å². The number of thioether (sulfide) groups is 1. The summed E-state index contributed by atoms with van der Waals surface area (Å²) < 4.78 is 7.61. The second kappa shape index (κ2) is 7.00. The van der Waals surface area contributed by atoms with Crippen molar-refractivity contribution in [3.63, 3.8) is 0 Å². The second-order valence-electron chi connectivity index (χ2n) is 5.56. The molecule has 0 saturated carbocycles. The summed E-state index contributed by atoms with van der Waals surface area (Å²) in [6.45, 7) is 6.39. The van der Waals surface area contributed by atoms with Crippen molar-refractivity contribution in [1.82, 2.24) is 19.7 Å². The molecule has 0 radical (unpaired) electrons. The van der Waals surface area contributed by atoms with E-state index in [9.17, 15) is 0 Å². The summed E-state index contributed by atoms with van der Waals surface area (Å²) in [5.74, 6) is 2.46. The molecule has 0 aliphatic rings. The molecule has 0 spiro atoms. The number of benzene rings is 1. The highest BCUT2D eigenvalue weighted by atomic mass is 32.2. The first-order chi connectivity index (χ1) is 11.2. The van der Waals surface area contributed by atoms with E-state index in [4.69, 9.17) is 4.42 Å². The molecule has 0 unspecified atom stereocenters. The molecule has 2 aromatic heterocycles. The Morgan fingerprint density at radius 3 is 2.52 bits per heavy atom. The maximum atomic E-state index is 5.54. The van der Waals surface area contributed by atoms with Gasteiger partial charge in [0, 0.05) is 24.5 Å². The van der Waals surface area contributed by atoms with E-state index in [2.05, 4.69) is 57.9 Å². The van der Waals surface area contributed by atoms with Gasteiger partial charge in [0.15, 0.2) is 5.16 Å². The Hall–Kier alpha value is -2.08. The highest BCUT2D eigenvalue weighted by Gasteiger charge is 2.10. The van der Waals surface area contributed by atoms with Gasteiger partial charge >= 0.3 is 0 Å². The molecule has 5 nitrogen and oxygen atoms in total. The number of hydrogen-bond donors (Lipinski definition) is 0. The van der Waals surface area contributed by atoms with E-state index in [0.29, 0.717) is 23.5 Å². The molecule has 0 amide bonds. The largest absolute Gasteiger partial charge is 0.424 e. The van der Waals surface area contributed by atoms with Crippen LogP contribution in [0.3, 0.4) is 0 Å². The van der Waals surface area contributed by atoms with Gasteiger partial charge in [0.2, 0.25) is 11.8 Å². The maximum absolute atomic E-state index is 5.54. The third kappa shape index (κ3) is 3.64. The average molecular weight is 328 g/mol. The number of aryl methyl sites for hydroxylation is 1. The van der Waals surface area contributed by atoms with Crippen molar-refractivity contribution in [2.45, 2.75) is 44.0 Å². The second-order valence-corrected chi connectivity index (χ2v) is 6.50. The smallest absolute Gasteiger partial charge is 0.226 e. The van der Waals surface area contributed by atoms with Gasteiger partial charge in [-0.3, -0.25) is 4.57 Å². The van der Waals surface area contributed by atoms with Crippen LogP contribution in [0.2, 0.25) is 0 Å². The third-order valence-corrected chi connectivity index (χ3v) is 4.53. The molecule has 0 bridgehead atoms. The Bertz CT molecular complexity index is 761. The van der Waals surface area contributed by atoms with Gasteiger partial charge in [0.1, 0.15) is 0 Å². The number of rotatable bonds is 6. The van der Waals surface area contributed by atoms with E-state index < -0.39 is 0 Å². The molecule has 120 valence electrons. The van der Waals surface area contributed by atoms with Gasteiger partial charge in [0.25, 0.3) is 0 Å². The van der Waals surface area contributed by atoms with Gasteiger partial charge in [-0.05, 0) is 23.6 Å². The van der Waals surface area contributed by atoms with Gasteiger partial charge in [0.05, 0.1) is 5.75 Å². The molecule has 0 fully saturated rings. The highest BCUT2D eigenvalue weighted by Crippen LogP contribution is 2.25. The van der Waals surface area contributed by atoms with Gasteiger partial charge in [-0.2, -0.15) is 0 Å². The van der Waals surface area contributed by atoms with Crippen LogP contribution in [0.1, 0.15) is 44.0 Å². The standard InChI is InChI=1S/C17H20N4OS/c1-4-15-19-20-16(22-15)11-23-17-18-9-10-21(17)14-7-5-13(6-8-14)12(2)3/h5-10,12H,4,11H2,1-3H3. The molecule has 23 heavy (non-hydrogen) atoms. The van der Waals surface area contributed by atoms with Crippen LogP contribution in [-0.2, 0) is 12.2 Å². The summed E-state index contributed by atoms with van der Waals surface area (Å²) in [6.07, 6.45) is 4.54. The summed E-state index contributed by atoms with van der Waals surface area (Å²) >= 11 is 1.59. The minimum absolute atomic E-state index is 0.533. The lowest BCUT2D eigenvalue weighted by atomic mass is 10.0. The molecule has 2 heterocycles. The fraction of sp³-hybridized carbons (Fsp3) is 0.353. The molecule has 3 rings (SSSR count). The minimum Gasteiger partial charge on any atom is -0.424 e. The van der Waals surface area contributed by atoms with Crippen LogP contribution in [0.4, 0.5) is 0 Å². The predicted molar refractivity (Wildman–Crippen MR) is 90.9 cm³/mol. The van der Waals surface area contributed by atoms with E-state index >= 15 is 0 Å². The van der Waals surface area contributed by atoms with Crippen LogP contribution in [0.15, 0.2) is 46.2 Å². The number of nitrogens with zero attached hydrogens (tertiary/aromatic N) is 4.